The van der Waals surface area contributed by atoms with Crippen molar-refractivity contribution in [1.29, 1.82) is 0 Å². The predicted octanol–water partition coefficient (Wildman–Crippen LogP) is 3.00. The van der Waals surface area contributed by atoms with Gasteiger partial charge in [-0.05, 0) is 18.6 Å². The number of nitrogens with zero attached hydrogens (tertiary/aromatic N) is 2. The van der Waals surface area contributed by atoms with Gasteiger partial charge in [-0.2, -0.15) is 0 Å². The van der Waals surface area contributed by atoms with Crippen molar-refractivity contribution in [3.8, 4) is 9.88 Å². The molecule has 8 heteroatoms. The summed E-state index contributed by atoms with van der Waals surface area (Å²) in [6.45, 7) is 0.805. The Hall–Kier alpha value is -1.44. The van der Waals surface area contributed by atoms with Gasteiger partial charge in [-0.3, -0.25) is 9.59 Å². The fourth-order valence-electron chi connectivity index (χ4n) is 2.39. The Balaban J connectivity index is 1.63. The number of amides is 1. The molecule has 5 nitrogen and oxygen atoms in total. The van der Waals surface area contributed by atoms with Gasteiger partial charge in [0.05, 0.1) is 27.2 Å². The second-order valence-electron chi connectivity index (χ2n) is 5.09. The molecule has 1 amide bonds. The number of likely N-dealkylation sites (tertiary alicyclic amines) is 1. The molecule has 1 atom stereocenters. The average Bonchev–Trinajstić information content (AvgIpc) is 3.17. The largest absolute Gasteiger partial charge is 0.481 e. The molecule has 1 unspecified atom stereocenters. The van der Waals surface area contributed by atoms with Crippen LogP contribution in [0.5, 0.6) is 0 Å². The summed E-state index contributed by atoms with van der Waals surface area (Å²) in [5.41, 5.74) is 0.716. The van der Waals surface area contributed by atoms with Gasteiger partial charge in [-0.1, -0.05) is 11.6 Å². The summed E-state index contributed by atoms with van der Waals surface area (Å²) in [5, 5.41) is 11.7. The number of carbonyl (C=O) groups excluding carboxylic acids is 1. The van der Waals surface area contributed by atoms with Gasteiger partial charge < -0.3 is 10.0 Å². The molecule has 0 radical (unpaired) electrons. The molecule has 1 fully saturated rings. The number of hydrogen-bond acceptors (Lipinski definition) is 5. The standard InChI is InChI=1S/C14H13ClN2O3S2/c15-11-2-1-10(22-11)13-16-9(7-21-13)5-12(18)17-4-3-8(6-17)14(19)20/h1-2,7-8H,3-6H2,(H,19,20). The molecule has 0 aliphatic carbocycles. The van der Waals surface area contributed by atoms with Crippen LogP contribution in [0.1, 0.15) is 12.1 Å². The van der Waals surface area contributed by atoms with Gasteiger partial charge >= 0.3 is 5.97 Å². The highest BCUT2D eigenvalue weighted by atomic mass is 35.5. The fraction of sp³-hybridized carbons (Fsp3) is 0.357. The third kappa shape index (κ3) is 3.31. The minimum atomic E-state index is -0.833. The van der Waals surface area contributed by atoms with Gasteiger partial charge in [0, 0.05) is 18.5 Å². The Morgan fingerprint density at radius 3 is 2.91 bits per heavy atom. The molecule has 0 spiro atoms. The van der Waals surface area contributed by atoms with Crippen LogP contribution in [0.2, 0.25) is 4.34 Å². The van der Waals surface area contributed by atoms with E-state index < -0.39 is 11.9 Å². The number of carbonyl (C=O) groups is 2. The molecule has 1 saturated heterocycles. The van der Waals surface area contributed by atoms with Gasteiger partial charge in [-0.25, -0.2) is 4.98 Å². The van der Waals surface area contributed by atoms with E-state index in [0.717, 1.165) is 9.88 Å². The van der Waals surface area contributed by atoms with Crippen LogP contribution in [-0.2, 0) is 16.0 Å². The van der Waals surface area contributed by atoms with Crippen molar-refractivity contribution >= 4 is 46.2 Å². The van der Waals surface area contributed by atoms with Crippen molar-refractivity contribution in [1.82, 2.24) is 9.88 Å². The quantitative estimate of drug-likeness (QED) is 0.914. The van der Waals surface area contributed by atoms with Crippen LogP contribution in [0.3, 0.4) is 0 Å². The smallest absolute Gasteiger partial charge is 0.308 e. The Labute approximate surface area is 140 Å². The third-order valence-electron chi connectivity index (χ3n) is 3.56. The molecule has 2 aromatic rings. The highest BCUT2D eigenvalue weighted by molar-refractivity contribution is 7.23. The van der Waals surface area contributed by atoms with E-state index in [1.165, 1.54) is 22.7 Å². The zero-order chi connectivity index (χ0) is 15.7. The molecule has 1 N–H and O–H groups in total. The SMILES string of the molecule is O=C(O)C1CCN(C(=O)Cc2csc(-c3ccc(Cl)s3)n2)C1. The molecule has 2 aromatic heterocycles. The third-order valence-corrected chi connectivity index (χ3v) is 5.85. The first-order chi connectivity index (χ1) is 10.5. The maximum Gasteiger partial charge on any atom is 0.308 e. The lowest BCUT2D eigenvalue weighted by molar-refractivity contribution is -0.141. The van der Waals surface area contributed by atoms with E-state index >= 15 is 0 Å². The topological polar surface area (TPSA) is 70.5 Å². The maximum absolute atomic E-state index is 12.2. The Morgan fingerprint density at radius 2 is 2.27 bits per heavy atom. The van der Waals surface area contributed by atoms with Crippen LogP contribution >= 0.6 is 34.3 Å². The fourth-order valence-corrected chi connectivity index (χ4v) is 4.32. The molecule has 0 saturated carbocycles. The summed E-state index contributed by atoms with van der Waals surface area (Å²) in [7, 11) is 0. The van der Waals surface area contributed by atoms with E-state index in [1.807, 2.05) is 17.5 Å². The summed E-state index contributed by atoms with van der Waals surface area (Å²) in [6, 6.07) is 3.74. The zero-order valence-corrected chi connectivity index (χ0v) is 13.9. The van der Waals surface area contributed by atoms with Crippen LogP contribution in [0.4, 0.5) is 0 Å². The summed E-state index contributed by atoms with van der Waals surface area (Å²) in [5.74, 6) is -1.34. The monoisotopic (exact) mass is 356 g/mol. The van der Waals surface area contributed by atoms with E-state index in [9.17, 15) is 9.59 Å². The van der Waals surface area contributed by atoms with E-state index in [0.29, 0.717) is 29.5 Å². The highest BCUT2D eigenvalue weighted by Gasteiger charge is 2.30. The van der Waals surface area contributed by atoms with Gasteiger partial charge in [0.15, 0.2) is 0 Å². The number of hydrogen-bond donors (Lipinski definition) is 1. The van der Waals surface area contributed by atoms with Crippen LogP contribution in [0.25, 0.3) is 9.88 Å². The molecule has 0 bridgehead atoms. The summed E-state index contributed by atoms with van der Waals surface area (Å²) in [6.07, 6.45) is 0.735. The number of carboxylic acids is 1. The first-order valence-electron chi connectivity index (χ1n) is 6.73. The van der Waals surface area contributed by atoms with E-state index in [-0.39, 0.29) is 12.3 Å². The predicted molar refractivity (Wildman–Crippen MR) is 86.5 cm³/mol. The van der Waals surface area contributed by atoms with Crippen molar-refractivity contribution in [2.45, 2.75) is 12.8 Å². The number of thiophene rings is 1. The minimum Gasteiger partial charge on any atom is -0.481 e. The normalized spacial score (nSPS) is 17.9. The van der Waals surface area contributed by atoms with Gasteiger partial charge in [0.25, 0.3) is 0 Å². The van der Waals surface area contributed by atoms with Crippen LogP contribution in [0, 0.1) is 5.92 Å². The second-order valence-corrected chi connectivity index (χ2v) is 7.66. The van der Waals surface area contributed by atoms with Crippen molar-refractivity contribution in [2.75, 3.05) is 13.1 Å². The van der Waals surface area contributed by atoms with Crippen molar-refractivity contribution in [2.24, 2.45) is 5.92 Å². The van der Waals surface area contributed by atoms with E-state index in [2.05, 4.69) is 4.98 Å². The number of aliphatic carboxylic acids is 1. The van der Waals surface area contributed by atoms with Crippen LogP contribution in [-0.4, -0.2) is 40.0 Å². The van der Waals surface area contributed by atoms with Crippen molar-refractivity contribution in [3.05, 3.63) is 27.5 Å². The number of thiazole rings is 1. The second kappa shape index (κ2) is 6.36. The molecular formula is C14H13ClN2O3S2. The first-order valence-corrected chi connectivity index (χ1v) is 8.81. The molecule has 22 heavy (non-hydrogen) atoms. The molecular weight excluding hydrogens is 344 g/mol. The molecule has 0 aromatic carbocycles. The molecule has 3 rings (SSSR count). The summed E-state index contributed by atoms with van der Waals surface area (Å²) >= 11 is 8.85. The minimum absolute atomic E-state index is 0.0650. The molecule has 3 heterocycles. The molecule has 1 aliphatic heterocycles. The Morgan fingerprint density at radius 1 is 1.45 bits per heavy atom. The van der Waals surface area contributed by atoms with E-state index in [1.54, 1.807) is 4.90 Å². The first kappa shape index (κ1) is 15.5. The maximum atomic E-state index is 12.2. The van der Waals surface area contributed by atoms with Crippen molar-refractivity contribution < 1.29 is 14.7 Å². The lowest BCUT2D eigenvalue weighted by Gasteiger charge is -2.14. The number of halogens is 1. The lowest BCUT2D eigenvalue weighted by atomic mass is 10.1. The Kier molecular flexibility index (Phi) is 4.46. The number of aromatic nitrogens is 1. The highest BCUT2D eigenvalue weighted by Crippen LogP contribution is 2.33. The number of carboxylic acid groups (broad SMARTS) is 1. The Bertz CT molecular complexity index is 713. The number of rotatable bonds is 4. The lowest BCUT2D eigenvalue weighted by Crippen LogP contribution is -2.31. The van der Waals surface area contributed by atoms with Crippen molar-refractivity contribution in [3.63, 3.8) is 0 Å². The summed E-state index contributed by atoms with van der Waals surface area (Å²) in [4.78, 5) is 30.2. The van der Waals surface area contributed by atoms with Gasteiger partial charge in [0.2, 0.25) is 5.91 Å². The average molecular weight is 357 g/mol. The van der Waals surface area contributed by atoms with Crippen LogP contribution in [0.15, 0.2) is 17.5 Å². The summed E-state index contributed by atoms with van der Waals surface area (Å²) < 4.78 is 0.708. The molecule has 116 valence electrons. The van der Waals surface area contributed by atoms with Gasteiger partial charge in [0.1, 0.15) is 5.01 Å². The van der Waals surface area contributed by atoms with E-state index in [4.69, 9.17) is 16.7 Å². The zero-order valence-electron chi connectivity index (χ0n) is 11.5. The van der Waals surface area contributed by atoms with Crippen LogP contribution < -0.4 is 0 Å². The molecule has 1 aliphatic rings. The van der Waals surface area contributed by atoms with Gasteiger partial charge in [-0.15, -0.1) is 22.7 Å².